The zero-order valence-electron chi connectivity index (χ0n) is 13.6. The summed E-state index contributed by atoms with van der Waals surface area (Å²) in [6, 6.07) is 8.12. The summed E-state index contributed by atoms with van der Waals surface area (Å²) in [5.41, 5.74) is 0.469. The summed E-state index contributed by atoms with van der Waals surface area (Å²) in [4.78, 5) is 12.0. The van der Waals surface area contributed by atoms with Crippen LogP contribution in [0.15, 0.2) is 24.3 Å². The SMILES string of the molecule is COc1ccc(CCC(C)NC(=O)CC2(O)CCCC2)cc1. The zero-order valence-corrected chi connectivity index (χ0v) is 13.6. The Morgan fingerprint density at radius 1 is 1.32 bits per heavy atom. The number of carbonyl (C=O) groups is 1. The first-order chi connectivity index (χ1) is 10.5. The van der Waals surface area contributed by atoms with Crippen LogP contribution in [0.2, 0.25) is 0 Å². The summed E-state index contributed by atoms with van der Waals surface area (Å²) >= 11 is 0. The Bertz CT molecular complexity index is 478. The second-order valence-corrected chi connectivity index (χ2v) is 6.46. The number of methoxy groups -OCH3 is 1. The van der Waals surface area contributed by atoms with Crippen LogP contribution in [0.5, 0.6) is 5.75 Å². The summed E-state index contributed by atoms with van der Waals surface area (Å²) in [5.74, 6) is 0.821. The van der Waals surface area contributed by atoms with Gasteiger partial charge in [0.2, 0.25) is 5.91 Å². The predicted octanol–water partition coefficient (Wildman–Crippen LogP) is 2.83. The standard InChI is InChI=1S/C18H27NO3/c1-14(5-6-15-7-9-16(22-2)10-8-15)19-17(20)13-18(21)11-3-4-12-18/h7-10,14,21H,3-6,11-13H2,1-2H3,(H,19,20). The summed E-state index contributed by atoms with van der Waals surface area (Å²) in [5, 5.41) is 13.3. The number of hydrogen-bond donors (Lipinski definition) is 2. The molecule has 1 amide bonds. The van der Waals surface area contributed by atoms with Gasteiger partial charge in [-0.05, 0) is 50.3 Å². The van der Waals surface area contributed by atoms with E-state index in [1.54, 1.807) is 7.11 Å². The highest BCUT2D eigenvalue weighted by Gasteiger charge is 2.33. The number of rotatable bonds is 7. The monoisotopic (exact) mass is 305 g/mol. The molecule has 1 aromatic carbocycles. The molecule has 1 saturated carbocycles. The van der Waals surface area contributed by atoms with Crippen LogP contribution in [0.4, 0.5) is 0 Å². The van der Waals surface area contributed by atoms with Crippen molar-refractivity contribution in [2.45, 2.75) is 63.5 Å². The lowest BCUT2D eigenvalue weighted by Crippen LogP contribution is -2.38. The van der Waals surface area contributed by atoms with Gasteiger partial charge in [-0.3, -0.25) is 4.79 Å². The Balaban J connectivity index is 1.72. The van der Waals surface area contributed by atoms with E-state index in [1.165, 1.54) is 5.56 Å². The molecule has 0 heterocycles. The van der Waals surface area contributed by atoms with Crippen LogP contribution in [-0.4, -0.2) is 29.8 Å². The number of hydrogen-bond acceptors (Lipinski definition) is 3. The molecule has 1 aliphatic carbocycles. The number of aryl methyl sites for hydroxylation is 1. The highest BCUT2D eigenvalue weighted by Crippen LogP contribution is 2.32. The van der Waals surface area contributed by atoms with Crippen molar-refractivity contribution in [2.75, 3.05) is 7.11 Å². The topological polar surface area (TPSA) is 58.6 Å². The first-order valence-corrected chi connectivity index (χ1v) is 8.15. The number of nitrogens with one attached hydrogen (secondary N) is 1. The van der Waals surface area contributed by atoms with Crippen molar-refractivity contribution in [3.05, 3.63) is 29.8 Å². The minimum absolute atomic E-state index is 0.0355. The van der Waals surface area contributed by atoms with E-state index in [9.17, 15) is 9.90 Å². The zero-order chi connectivity index (χ0) is 16.0. The molecule has 0 spiro atoms. The molecule has 0 radical (unpaired) electrons. The third-order valence-electron chi connectivity index (χ3n) is 4.46. The summed E-state index contributed by atoms with van der Waals surface area (Å²) in [6.07, 6.45) is 5.58. The van der Waals surface area contributed by atoms with E-state index in [0.717, 1.165) is 44.3 Å². The van der Waals surface area contributed by atoms with E-state index in [-0.39, 0.29) is 18.4 Å². The van der Waals surface area contributed by atoms with E-state index < -0.39 is 5.60 Å². The smallest absolute Gasteiger partial charge is 0.223 e. The van der Waals surface area contributed by atoms with Crippen molar-refractivity contribution in [3.63, 3.8) is 0 Å². The average molecular weight is 305 g/mol. The fraction of sp³-hybridized carbons (Fsp3) is 0.611. The fourth-order valence-electron chi connectivity index (χ4n) is 3.08. The Labute approximate surface area is 132 Å². The second kappa shape index (κ2) is 7.63. The first kappa shape index (κ1) is 16.8. The number of ether oxygens (including phenoxy) is 1. The van der Waals surface area contributed by atoms with Gasteiger partial charge < -0.3 is 15.2 Å². The maximum atomic E-state index is 12.0. The molecule has 4 heteroatoms. The van der Waals surface area contributed by atoms with Crippen LogP contribution >= 0.6 is 0 Å². The van der Waals surface area contributed by atoms with Crippen molar-refractivity contribution < 1.29 is 14.6 Å². The van der Waals surface area contributed by atoms with E-state index in [1.807, 2.05) is 19.1 Å². The van der Waals surface area contributed by atoms with Crippen LogP contribution in [0.3, 0.4) is 0 Å². The first-order valence-electron chi connectivity index (χ1n) is 8.15. The van der Waals surface area contributed by atoms with E-state index in [4.69, 9.17) is 4.74 Å². The largest absolute Gasteiger partial charge is 0.497 e. The Morgan fingerprint density at radius 2 is 1.95 bits per heavy atom. The normalized spacial score (nSPS) is 18.0. The van der Waals surface area contributed by atoms with Gasteiger partial charge >= 0.3 is 0 Å². The molecule has 122 valence electrons. The molecular formula is C18H27NO3. The maximum Gasteiger partial charge on any atom is 0.223 e. The van der Waals surface area contributed by atoms with Crippen LogP contribution < -0.4 is 10.1 Å². The average Bonchev–Trinajstić information content (AvgIpc) is 2.91. The molecule has 1 fully saturated rings. The molecule has 0 saturated heterocycles. The lowest BCUT2D eigenvalue weighted by atomic mass is 9.97. The van der Waals surface area contributed by atoms with Crippen LogP contribution in [0.25, 0.3) is 0 Å². The van der Waals surface area contributed by atoms with Gasteiger partial charge in [0.05, 0.1) is 19.1 Å². The molecule has 1 aromatic rings. The molecule has 2 rings (SSSR count). The van der Waals surface area contributed by atoms with Crippen molar-refractivity contribution in [3.8, 4) is 5.75 Å². The minimum atomic E-state index is -0.764. The highest BCUT2D eigenvalue weighted by atomic mass is 16.5. The van der Waals surface area contributed by atoms with Crippen molar-refractivity contribution in [1.29, 1.82) is 0 Å². The molecule has 1 aliphatic rings. The molecule has 2 N–H and O–H groups in total. The third-order valence-corrected chi connectivity index (χ3v) is 4.46. The fourth-order valence-corrected chi connectivity index (χ4v) is 3.08. The Kier molecular flexibility index (Phi) is 5.83. The van der Waals surface area contributed by atoms with Gasteiger partial charge in [-0.15, -0.1) is 0 Å². The maximum absolute atomic E-state index is 12.0. The quantitative estimate of drug-likeness (QED) is 0.814. The van der Waals surface area contributed by atoms with Gasteiger partial charge in [0.15, 0.2) is 0 Å². The molecule has 22 heavy (non-hydrogen) atoms. The molecule has 1 atom stereocenters. The van der Waals surface area contributed by atoms with Gasteiger partial charge in [0.1, 0.15) is 5.75 Å². The lowest BCUT2D eigenvalue weighted by molar-refractivity contribution is -0.126. The van der Waals surface area contributed by atoms with Gasteiger partial charge in [0, 0.05) is 6.04 Å². The number of amides is 1. The van der Waals surface area contributed by atoms with Gasteiger partial charge in [0.25, 0.3) is 0 Å². The summed E-state index contributed by atoms with van der Waals surface area (Å²) in [6.45, 7) is 2.01. The van der Waals surface area contributed by atoms with E-state index in [2.05, 4.69) is 17.4 Å². The molecule has 4 nitrogen and oxygen atoms in total. The van der Waals surface area contributed by atoms with Crippen LogP contribution in [0.1, 0.15) is 51.0 Å². The Morgan fingerprint density at radius 3 is 2.55 bits per heavy atom. The van der Waals surface area contributed by atoms with E-state index >= 15 is 0 Å². The highest BCUT2D eigenvalue weighted by molar-refractivity contribution is 5.77. The predicted molar refractivity (Wildman–Crippen MR) is 87.0 cm³/mol. The Hall–Kier alpha value is -1.55. The molecular weight excluding hydrogens is 278 g/mol. The second-order valence-electron chi connectivity index (χ2n) is 6.46. The summed E-state index contributed by atoms with van der Waals surface area (Å²) < 4.78 is 5.14. The number of aliphatic hydroxyl groups is 1. The van der Waals surface area contributed by atoms with Crippen molar-refractivity contribution in [1.82, 2.24) is 5.32 Å². The van der Waals surface area contributed by atoms with Gasteiger partial charge in [-0.1, -0.05) is 25.0 Å². The molecule has 0 aromatic heterocycles. The lowest BCUT2D eigenvalue weighted by Gasteiger charge is -2.22. The molecule has 0 aliphatic heterocycles. The number of carbonyl (C=O) groups excluding carboxylic acids is 1. The van der Waals surface area contributed by atoms with Crippen molar-refractivity contribution in [2.24, 2.45) is 0 Å². The van der Waals surface area contributed by atoms with Crippen LogP contribution in [-0.2, 0) is 11.2 Å². The molecule has 0 bridgehead atoms. The third kappa shape index (κ3) is 5.02. The van der Waals surface area contributed by atoms with Gasteiger partial charge in [-0.25, -0.2) is 0 Å². The van der Waals surface area contributed by atoms with Gasteiger partial charge in [-0.2, -0.15) is 0 Å². The van der Waals surface area contributed by atoms with Crippen LogP contribution in [0, 0.1) is 0 Å². The number of benzene rings is 1. The van der Waals surface area contributed by atoms with E-state index in [0.29, 0.717) is 0 Å². The minimum Gasteiger partial charge on any atom is -0.497 e. The molecule has 1 unspecified atom stereocenters. The summed E-state index contributed by atoms with van der Waals surface area (Å²) in [7, 11) is 1.66. The van der Waals surface area contributed by atoms with Crippen molar-refractivity contribution >= 4 is 5.91 Å².